The monoisotopic (exact) mass is 331 g/mol. The molecule has 1 aliphatic heterocycles. The fourth-order valence-corrected chi connectivity index (χ4v) is 3.51. The van der Waals surface area contributed by atoms with Crippen LogP contribution in [0.4, 0.5) is 0 Å². The summed E-state index contributed by atoms with van der Waals surface area (Å²) in [7, 11) is 0. The van der Waals surface area contributed by atoms with Crippen LogP contribution < -0.4 is 0 Å². The van der Waals surface area contributed by atoms with Crippen molar-refractivity contribution in [2.45, 2.75) is 32.8 Å². The minimum absolute atomic E-state index is 0.0806. The van der Waals surface area contributed by atoms with Gasteiger partial charge in [-0.2, -0.15) is 0 Å². The third-order valence-electron chi connectivity index (χ3n) is 3.62. The summed E-state index contributed by atoms with van der Waals surface area (Å²) in [6, 6.07) is 1.98. The van der Waals surface area contributed by atoms with Crippen molar-refractivity contribution in [3.63, 3.8) is 0 Å². The lowest BCUT2D eigenvalue weighted by Crippen LogP contribution is -2.50. The number of β-amino-alcohol motifs (C(OH)–C–C–N with tert-alkyl or cyclic N) is 1. The van der Waals surface area contributed by atoms with Gasteiger partial charge in [-0.3, -0.25) is 4.79 Å². The molecule has 0 radical (unpaired) electrons. The molecular formula is C13H18BrNO2S. The molecule has 1 aromatic rings. The molecule has 1 saturated heterocycles. The second-order valence-corrected chi connectivity index (χ2v) is 7.41. The molecule has 1 fully saturated rings. The number of halogens is 1. The number of thiophene rings is 1. The van der Waals surface area contributed by atoms with E-state index in [1.165, 1.54) is 0 Å². The molecule has 0 spiro atoms. The van der Waals surface area contributed by atoms with Crippen LogP contribution in [-0.2, 0) is 11.2 Å². The molecule has 18 heavy (non-hydrogen) atoms. The van der Waals surface area contributed by atoms with Crippen LogP contribution in [-0.4, -0.2) is 35.1 Å². The third kappa shape index (κ3) is 3.13. The summed E-state index contributed by atoms with van der Waals surface area (Å²) < 4.78 is 1.02. The topological polar surface area (TPSA) is 40.5 Å². The lowest BCUT2D eigenvalue weighted by molar-refractivity contribution is -0.137. The molecule has 0 aliphatic carbocycles. The van der Waals surface area contributed by atoms with E-state index in [1.54, 1.807) is 16.2 Å². The summed E-state index contributed by atoms with van der Waals surface area (Å²) in [5, 5.41) is 12.0. The number of aliphatic hydroxyl groups excluding tert-OH is 1. The van der Waals surface area contributed by atoms with Gasteiger partial charge in [-0.15, -0.1) is 11.3 Å². The Labute approximate surface area is 120 Å². The molecule has 0 aromatic carbocycles. The van der Waals surface area contributed by atoms with E-state index in [0.717, 1.165) is 22.3 Å². The van der Waals surface area contributed by atoms with Gasteiger partial charge in [0.1, 0.15) is 0 Å². The molecule has 3 nitrogen and oxygen atoms in total. The van der Waals surface area contributed by atoms with Gasteiger partial charge in [0.25, 0.3) is 0 Å². The van der Waals surface area contributed by atoms with E-state index in [0.29, 0.717) is 13.0 Å². The summed E-state index contributed by atoms with van der Waals surface area (Å²) in [4.78, 5) is 15.0. The van der Waals surface area contributed by atoms with Gasteiger partial charge < -0.3 is 10.0 Å². The molecule has 1 amide bonds. The van der Waals surface area contributed by atoms with Crippen molar-refractivity contribution in [2.24, 2.45) is 5.41 Å². The van der Waals surface area contributed by atoms with Crippen LogP contribution >= 0.6 is 27.3 Å². The number of aliphatic hydroxyl groups is 1. The van der Waals surface area contributed by atoms with Crippen molar-refractivity contribution in [3.8, 4) is 0 Å². The molecule has 2 heterocycles. The highest BCUT2D eigenvalue weighted by Crippen LogP contribution is 2.30. The van der Waals surface area contributed by atoms with E-state index in [1.807, 2.05) is 11.4 Å². The highest BCUT2D eigenvalue weighted by molar-refractivity contribution is 9.10. The average Bonchev–Trinajstić information content (AvgIpc) is 2.68. The first-order valence-corrected chi connectivity index (χ1v) is 7.74. The Morgan fingerprint density at radius 3 is 2.94 bits per heavy atom. The number of piperidine rings is 1. The number of hydrogen-bond donors (Lipinski definition) is 1. The molecule has 1 aromatic heterocycles. The predicted molar refractivity (Wildman–Crippen MR) is 76.7 cm³/mol. The van der Waals surface area contributed by atoms with Gasteiger partial charge in [0.2, 0.25) is 5.91 Å². The van der Waals surface area contributed by atoms with E-state index in [4.69, 9.17) is 0 Å². The lowest BCUT2D eigenvalue weighted by Gasteiger charge is -2.41. The Hall–Kier alpha value is -0.390. The molecule has 1 N–H and O–H groups in total. The summed E-state index contributed by atoms with van der Waals surface area (Å²) in [6.45, 7) is 5.31. The quantitative estimate of drug-likeness (QED) is 0.905. The van der Waals surface area contributed by atoms with Crippen LogP contribution in [0.3, 0.4) is 0 Å². The molecule has 1 atom stereocenters. The number of amides is 1. The Morgan fingerprint density at radius 1 is 1.67 bits per heavy atom. The SMILES string of the molecule is CC1(C)CCN(C(=O)Cc2cc(Br)cs2)CC1O. The highest BCUT2D eigenvalue weighted by Gasteiger charge is 2.35. The first-order chi connectivity index (χ1) is 8.38. The maximum absolute atomic E-state index is 12.1. The van der Waals surface area contributed by atoms with Gasteiger partial charge in [0.15, 0.2) is 0 Å². The van der Waals surface area contributed by atoms with Crippen molar-refractivity contribution in [3.05, 3.63) is 20.8 Å². The molecule has 1 aliphatic rings. The van der Waals surface area contributed by atoms with E-state index in [-0.39, 0.29) is 11.3 Å². The first-order valence-electron chi connectivity index (χ1n) is 6.07. The maximum atomic E-state index is 12.1. The number of carbonyl (C=O) groups excluding carboxylic acids is 1. The molecule has 1 unspecified atom stereocenters. The fourth-order valence-electron chi connectivity index (χ4n) is 2.07. The van der Waals surface area contributed by atoms with Crippen LogP contribution in [0.5, 0.6) is 0 Å². The number of nitrogens with zero attached hydrogens (tertiary/aromatic N) is 1. The molecule has 100 valence electrons. The number of hydrogen-bond acceptors (Lipinski definition) is 3. The van der Waals surface area contributed by atoms with Crippen LogP contribution in [0.2, 0.25) is 0 Å². The van der Waals surface area contributed by atoms with Gasteiger partial charge in [0, 0.05) is 27.8 Å². The zero-order valence-corrected chi connectivity index (χ0v) is 13.1. The normalized spacial score (nSPS) is 23.1. The smallest absolute Gasteiger partial charge is 0.227 e. The second-order valence-electron chi connectivity index (χ2n) is 5.50. The summed E-state index contributed by atoms with van der Waals surface area (Å²) >= 11 is 4.97. The molecular weight excluding hydrogens is 314 g/mol. The van der Waals surface area contributed by atoms with Gasteiger partial charge in [-0.25, -0.2) is 0 Å². The van der Waals surface area contributed by atoms with E-state index >= 15 is 0 Å². The lowest BCUT2D eigenvalue weighted by atomic mass is 9.80. The van der Waals surface area contributed by atoms with Crippen LogP contribution in [0.1, 0.15) is 25.1 Å². The minimum atomic E-state index is -0.426. The van der Waals surface area contributed by atoms with Gasteiger partial charge in [-0.05, 0) is 33.8 Å². The van der Waals surface area contributed by atoms with E-state index < -0.39 is 6.10 Å². The van der Waals surface area contributed by atoms with Gasteiger partial charge >= 0.3 is 0 Å². The molecule has 0 bridgehead atoms. The minimum Gasteiger partial charge on any atom is -0.391 e. The first kappa shape index (κ1) is 14.0. The number of rotatable bonds is 2. The Morgan fingerprint density at radius 2 is 2.39 bits per heavy atom. The Bertz CT molecular complexity index is 444. The fraction of sp³-hybridized carbons (Fsp3) is 0.615. The molecule has 5 heteroatoms. The van der Waals surface area contributed by atoms with Crippen molar-refractivity contribution in [1.82, 2.24) is 4.90 Å². The Kier molecular flexibility index (Phi) is 4.14. The standard InChI is InChI=1S/C13H18BrNO2S/c1-13(2)3-4-15(7-11(13)16)12(17)6-10-5-9(14)8-18-10/h5,8,11,16H,3-4,6-7H2,1-2H3. The van der Waals surface area contributed by atoms with Crippen molar-refractivity contribution >= 4 is 33.2 Å². The highest BCUT2D eigenvalue weighted by atomic mass is 79.9. The van der Waals surface area contributed by atoms with Crippen molar-refractivity contribution in [2.75, 3.05) is 13.1 Å². The van der Waals surface area contributed by atoms with E-state index in [2.05, 4.69) is 29.8 Å². The van der Waals surface area contributed by atoms with Crippen molar-refractivity contribution in [1.29, 1.82) is 0 Å². The third-order valence-corrected chi connectivity index (χ3v) is 5.32. The average molecular weight is 332 g/mol. The zero-order valence-electron chi connectivity index (χ0n) is 10.6. The number of carbonyl (C=O) groups is 1. The summed E-state index contributed by atoms with van der Waals surface area (Å²) in [5.74, 6) is 0.110. The largest absolute Gasteiger partial charge is 0.391 e. The van der Waals surface area contributed by atoms with Crippen molar-refractivity contribution < 1.29 is 9.90 Å². The molecule has 2 rings (SSSR count). The van der Waals surface area contributed by atoms with Gasteiger partial charge in [0.05, 0.1) is 12.5 Å². The zero-order chi connectivity index (χ0) is 13.3. The maximum Gasteiger partial charge on any atom is 0.227 e. The van der Waals surface area contributed by atoms with E-state index in [9.17, 15) is 9.90 Å². The second kappa shape index (κ2) is 5.31. The van der Waals surface area contributed by atoms with Crippen LogP contribution in [0.15, 0.2) is 15.9 Å². The number of likely N-dealkylation sites (tertiary alicyclic amines) is 1. The van der Waals surface area contributed by atoms with Crippen LogP contribution in [0.25, 0.3) is 0 Å². The predicted octanol–water partition coefficient (Wildman–Crippen LogP) is 2.67. The Balaban J connectivity index is 1.95. The molecule has 0 saturated carbocycles. The van der Waals surface area contributed by atoms with Crippen LogP contribution in [0, 0.1) is 5.41 Å². The summed E-state index contributed by atoms with van der Waals surface area (Å²) in [6.07, 6.45) is 0.863. The van der Waals surface area contributed by atoms with Gasteiger partial charge in [-0.1, -0.05) is 13.8 Å². The summed E-state index contributed by atoms with van der Waals surface area (Å²) in [5.41, 5.74) is -0.0806.